The molecule has 1 rings (SSSR count). The van der Waals surface area contributed by atoms with Crippen molar-refractivity contribution < 1.29 is 9.90 Å². The summed E-state index contributed by atoms with van der Waals surface area (Å²) in [6.45, 7) is -0.0652. The van der Waals surface area contributed by atoms with Crippen molar-refractivity contribution in [2.45, 2.75) is 13.0 Å². The van der Waals surface area contributed by atoms with Crippen LogP contribution in [0.3, 0.4) is 0 Å². The maximum atomic E-state index is 10.9. The quantitative estimate of drug-likeness (QED) is 0.694. The average molecular weight is 186 g/mol. The first-order chi connectivity index (χ1) is 5.76. The molecule has 0 bridgehead atoms. The van der Waals surface area contributed by atoms with Crippen LogP contribution in [0.5, 0.6) is 0 Å². The third-order valence-electron chi connectivity index (χ3n) is 1.35. The summed E-state index contributed by atoms with van der Waals surface area (Å²) in [5, 5.41) is 13.7. The van der Waals surface area contributed by atoms with Crippen molar-refractivity contribution in [3.8, 4) is 0 Å². The first kappa shape index (κ1) is 9.15. The van der Waals surface area contributed by atoms with E-state index in [1.165, 1.54) is 11.3 Å². The highest BCUT2D eigenvalue weighted by Gasteiger charge is 2.04. The molecule has 1 aromatic heterocycles. The Labute approximate surface area is 74.3 Å². The standard InChI is InChI=1S/C7H10N2O2S/c1-8-6(11)2-7-9-5(3-10)4-12-7/h4,10H,2-3H2,1H3,(H,8,11). The minimum Gasteiger partial charge on any atom is -0.390 e. The summed E-state index contributed by atoms with van der Waals surface area (Å²) in [7, 11) is 1.59. The molecule has 1 heterocycles. The molecule has 1 aromatic rings. The van der Waals surface area contributed by atoms with E-state index in [9.17, 15) is 4.79 Å². The van der Waals surface area contributed by atoms with Gasteiger partial charge in [-0.2, -0.15) is 0 Å². The monoisotopic (exact) mass is 186 g/mol. The largest absolute Gasteiger partial charge is 0.390 e. The fourth-order valence-corrected chi connectivity index (χ4v) is 1.51. The molecule has 5 heteroatoms. The molecule has 0 aromatic carbocycles. The Morgan fingerprint density at radius 3 is 3.08 bits per heavy atom. The summed E-state index contributed by atoms with van der Waals surface area (Å²) in [5.74, 6) is -0.0613. The number of aliphatic hydroxyl groups excluding tert-OH is 1. The second kappa shape index (κ2) is 4.18. The highest BCUT2D eigenvalue weighted by Crippen LogP contribution is 2.09. The van der Waals surface area contributed by atoms with Crippen LogP contribution in [0.4, 0.5) is 0 Å². The zero-order valence-corrected chi connectivity index (χ0v) is 7.52. The van der Waals surface area contributed by atoms with Gasteiger partial charge in [0.1, 0.15) is 5.01 Å². The van der Waals surface area contributed by atoms with Crippen LogP contribution in [-0.4, -0.2) is 23.0 Å². The maximum Gasteiger partial charge on any atom is 0.226 e. The zero-order chi connectivity index (χ0) is 8.97. The van der Waals surface area contributed by atoms with Crippen molar-refractivity contribution in [1.82, 2.24) is 10.3 Å². The van der Waals surface area contributed by atoms with E-state index in [-0.39, 0.29) is 12.5 Å². The summed E-state index contributed by atoms with van der Waals surface area (Å²) < 4.78 is 0. The fraction of sp³-hybridized carbons (Fsp3) is 0.429. The van der Waals surface area contributed by atoms with Crippen LogP contribution >= 0.6 is 11.3 Å². The topological polar surface area (TPSA) is 62.2 Å². The number of nitrogens with zero attached hydrogens (tertiary/aromatic N) is 1. The molecule has 0 aliphatic carbocycles. The molecule has 0 saturated carbocycles. The van der Waals surface area contributed by atoms with E-state index in [4.69, 9.17) is 5.11 Å². The molecule has 0 aliphatic rings. The van der Waals surface area contributed by atoms with E-state index in [1.807, 2.05) is 0 Å². The number of carbonyl (C=O) groups is 1. The second-order valence-corrected chi connectivity index (χ2v) is 3.18. The Bertz CT molecular complexity index is 272. The SMILES string of the molecule is CNC(=O)Cc1nc(CO)cs1. The summed E-state index contributed by atoms with van der Waals surface area (Å²) in [6, 6.07) is 0. The number of aromatic nitrogens is 1. The highest BCUT2D eigenvalue weighted by atomic mass is 32.1. The van der Waals surface area contributed by atoms with Crippen molar-refractivity contribution in [2.24, 2.45) is 0 Å². The lowest BCUT2D eigenvalue weighted by Crippen LogP contribution is -2.19. The van der Waals surface area contributed by atoms with Crippen molar-refractivity contribution in [3.63, 3.8) is 0 Å². The summed E-state index contributed by atoms with van der Waals surface area (Å²) >= 11 is 1.39. The van der Waals surface area contributed by atoms with Crippen molar-refractivity contribution in [3.05, 3.63) is 16.1 Å². The van der Waals surface area contributed by atoms with Gasteiger partial charge in [0.25, 0.3) is 0 Å². The van der Waals surface area contributed by atoms with Crippen LogP contribution < -0.4 is 5.32 Å². The van der Waals surface area contributed by atoms with Gasteiger partial charge in [0.05, 0.1) is 18.7 Å². The first-order valence-electron chi connectivity index (χ1n) is 3.51. The Hall–Kier alpha value is -0.940. The molecule has 12 heavy (non-hydrogen) atoms. The van der Waals surface area contributed by atoms with Crippen LogP contribution in [0.25, 0.3) is 0 Å². The molecule has 66 valence electrons. The van der Waals surface area contributed by atoms with Crippen LogP contribution in [-0.2, 0) is 17.8 Å². The number of amides is 1. The van der Waals surface area contributed by atoms with Crippen LogP contribution in [0.15, 0.2) is 5.38 Å². The van der Waals surface area contributed by atoms with Gasteiger partial charge in [0.2, 0.25) is 5.91 Å². The van der Waals surface area contributed by atoms with Crippen molar-refractivity contribution in [1.29, 1.82) is 0 Å². The fourth-order valence-electron chi connectivity index (χ4n) is 0.728. The second-order valence-electron chi connectivity index (χ2n) is 2.24. The Kier molecular flexibility index (Phi) is 3.19. The Morgan fingerprint density at radius 2 is 2.58 bits per heavy atom. The smallest absolute Gasteiger partial charge is 0.226 e. The average Bonchev–Trinajstić information content (AvgIpc) is 2.52. The van der Waals surface area contributed by atoms with Gasteiger partial charge < -0.3 is 10.4 Å². The molecule has 4 nitrogen and oxygen atoms in total. The van der Waals surface area contributed by atoms with E-state index in [0.717, 1.165) is 5.01 Å². The number of carbonyl (C=O) groups excluding carboxylic acids is 1. The van der Waals surface area contributed by atoms with E-state index >= 15 is 0 Å². The predicted molar refractivity (Wildman–Crippen MR) is 45.8 cm³/mol. The maximum absolute atomic E-state index is 10.9. The number of thiazole rings is 1. The van der Waals surface area contributed by atoms with Crippen molar-refractivity contribution >= 4 is 17.2 Å². The lowest BCUT2D eigenvalue weighted by atomic mass is 10.4. The van der Waals surface area contributed by atoms with Gasteiger partial charge in [-0.05, 0) is 0 Å². The van der Waals surface area contributed by atoms with Gasteiger partial charge in [-0.3, -0.25) is 4.79 Å². The summed E-state index contributed by atoms with van der Waals surface area (Å²) in [4.78, 5) is 14.9. The Balaban J connectivity index is 2.58. The number of hydrogen-bond donors (Lipinski definition) is 2. The van der Waals surface area contributed by atoms with Gasteiger partial charge in [0.15, 0.2) is 0 Å². The molecule has 0 fully saturated rings. The molecular formula is C7H10N2O2S. The van der Waals surface area contributed by atoms with Crippen LogP contribution in [0, 0.1) is 0 Å². The van der Waals surface area contributed by atoms with Gasteiger partial charge in [0, 0.05) is 12.4 Å². The first-order valence-corrected chi connectivity index (χ1v) is 4.39. The van der Waals surface area contributed by atoms with Gasteiger partial charge in [-0.15, -0.1) is 11.3 Å². The molecule has 0 spiro atoms. The number of likely N-dealkylation sites (N-methyl/N-ethyl adjacent to an activating group) is 1. The molecule has 0 atom stereocenters. The Morgan fingerprint density at radius 1 is 1.83 bits per heavy atom. The normalized spacial score (nSPS) is 9.83. The summed E-state index contributed by atoms with van der Waals surface area (Å²) in [6.07, 6.45) is 0.293. The number of aliphatic hydroxyl groups is 1. The van der Waals surface area contributed by atoms with Crippen LogP contribution in [0.1, 0.15) is 10.7 Å². The molecule has 0 saturated heterocycles. The molecule has 0 unspecified atom stereocenters. The van der Waals surface area contributed by atoms with E-state index < -0.39 is 0 Å². The lowest BCUT2D eigenvalue weighted by Gasteiger charge is -1.93. The number of nitrogens with one attached hydrogen (secondary N) is 1. The third-order valence-corrected chi connectivity index (χ3v) is 2.25. The third kappa shape index (κ3) is 2.28. The number of rotatable bonds is 3. The molecule has 0 radical (unpaired) electrons. The molecule has 2 N–H and O–H groups in total. The minimum absolute atomic E-state index is 0.0613. The van der Waals surface area contributed by atoms with Gasteiger partial charge in [-0.1, -0.05) is 0 Å². The van der Waals surface area contributed by atoms with E-state index in [1.54, 1.807) is 12.4 Å². The molecular weight excluding hydrogens is 176 g/mol. The lowest BCUT2D eigenvalue weighted by molar-refractivity contribution is -0.119. The summed E-state index contributed by atoms with van der Waals surface area (Å²) in [5.41, 5.74) is 0.624. The van der Waals surface area contributed by atoms with E-state index in [2.05, 4.69) is 10.3 Å². The predicted octanol–water partition coefficient (Wildman–Crippen LogP) is -0.0761. The zero-order valence-electron chi connectivity index (χ0n) is 6.70. The molecule has 0 aliphatic heterocycles. The number of hydrogen-bond acceptors (Lipinski definition) is 4. The van der Waals surface area contributed by atoms with E-state index in [0.29, 0.717) is 12.1 Å². The van der Waals surface area contributed by atoms with Gasteiger partial charge >= 0.3 is 0 Å². The van der Waals surface area contributed by atoms with Gasteiger partial charge in [-0.25, -0.2) is 4.98 Å². The molecule has 1 amide bonds. The minimum atomic E-state index is -0.0652. The van der Waals surface area contributed by atoms with Crippen molar-refractivity contribution in [2.75, 3.05) is 7.05 Å². The highest BCUT2D eigenvalue weighted by molar-refractivity contribution is 7.09. The van der Waals surface area contributed by atoms with Crippen LogP contribution in [0.2, 0.25) is 0 Å².